The van der Waals surface area contributed by atoms with E-state index in [2.05, 4.69) is 5.32 Å². The van der Waals surface area contributed by atoms with Crippen molar-refractivity contribution in [1.82, 2.24) is 5.32 Å². The van der Waals surface area contributed by atoms with E-state index in [4.69, 9.17) is 14.2 Å². The summed E-state index contributed by atoms with van der Waals surface area (Å²) in [6.45, 7) is 4.17. The third-order valence-corrected chi connectivity index (χ3v) is 4.17. The molecular weight excluding hydrogens is 334 g/mol. The van der Waals surface area contributed by atoms with Crippen LogP contribution >= 0.6 is 0 Å². The van der Waals surface area contributed by atoms with Crippen molar-refractivity contribution in [3.8, 4) is 11.5 Å². The number of amides is 1. The summed E-state index contributed by atoms with van der Waals surface area (Å²) in [6.07, 6.45) is -0.288. The average molecular weight is 355 g/mol. The second kappa shape index (κ2) is 7.91. The molecule has 0 radical (unpaired) electrons. The zero-order valence-corrected chi connectivity index (χ0v) is 14.8. The van der Waals surface area contributed by atoms with Crippen molar-refractivity contribution in [2.45, 2.75) is 20.0 Å². The molecule has 3 rings (SSSR count). The van der Waals surface area contributed by atoms with Crippen LogP contribution < -0.4 is 14.8 Å². The highest BCUT2D eigenvalue weighted by Gasteiger charge is 2.21. The molecule has 26 heavy (non-hydrogen) atoms. The Kier molecular flexibility index (Phi) is 5.41. The Morgan fingerprint density at radius 1 is 1.12 bits per heavy atom. The lowest BCUT2D eigenvalue weighted by Gasteiger charge is -2.26. The Morgan fingerprint density at radius 2 is 1.88 bits per heavy atom. The van der Waals surface area contributed by atoms with Gasteiger partial charge in [-0.25, -0.2) is 4.79 Å². The van der Waals surface area contributed by atoms with Gasteiger partial charge in [-0.05, 0) is 49.2 Å². The van der Waals surface area contributed by atoms with Crippen molar-refractivity contribution >= 4 is 11.9 Å². The summed E-state index contributed by atoms with van der Waals surface area (Å²) >= 11 is 0. The Labute approximate surface area is 152 Å². The molecule has 0 aliphatic carbocycles. The molecule has 1 amide bonds. The Morgan fingerprint density at radius 3 is 2.65 bits per heavy atom. The van der Waals surface area contributed by atoms with Crippen molar-refractivity contribution in [2.75, 3.05) is 19.8 Å². The summed E-state index contributed by atoms with van der Waals surface area (Å²) in [5.74, 6) is 0.440. The highest BCUT2D eigenvalue weighted by molar-refractivity contribution is 5.91. The first-order valence-electron chi connectivity index (χ1n) is 8.42. The zero-order chi connectivity index (χ0) is 18.5. The van der Waals surface area contributed by atoms with Crippen LogP contribution in [0.4, 0.5) is 0 Å². The van der Waals surface area contributed by atoms with Crippen molar-refractivity contribution < 1.29 is 23.8 Å². The van der Waals surface area contributed by atoms with E-state index in [9.17, 15) is 9.59 Å². The van der Waals surface area contributed by atoms with Crippen molar-refractivity contribution in [1.29, 1.82) is 0 Å². The van der Waals surface area contributed by atoms with Gasteiger partial charge >= 0.3 is 5.97 Å². The minimum absolute atomic E-state index is 0.272. The molecule has 0 aromatic heterocycles. The maximum atomic E-state index is 12.0. The van der Waals surface area contributed by atoms with Crippen LogP contribution in [0.3, 0.4) is 0 Å². The molecule has 1 N–H and O–H groups in total. The minimum Gasteiger partial charge on any atom is -0.486 e. The summed E-state index contributed by atoms with van der Waals surface area (Å²) in [4.78, 5) is 23.9. The molecule has 1 aliphatic rings. The van der Waals surface area contributed by atoms with Gasteiger partial charge in [0.1, 0.15) is 12.7 Å². The number of carbonyl (C=O) groups excluding carboxylic acids is 2. The van der Waals surface area contributed by atoms with E-state index < -0.39 is 5.97 Å². The van der Waals surface area contributed by atoms with E-state index in [1.807, 2.05) is 44.2 Å². The van der Waals surface area contributed by atoms with Gasteiger partial charge in [0.15, 0.2) is 18.1 Å². The number of nitrogens with one attached hydrogen (secondary N) is 1. The smallest absolute Gasteiger partial charge is 0.338 e. The molecule has 2 aromatic rings. The van der Waals surface area contributed by atoms with Gasteiger partial charge in [-0.2, -0.15) is 0 Å². The second-order valence-corrected chi connectivity index (χ2v) is 6.18. The number of hydrogen-bond donors (Lipinski definition) is 1. The van der Waals surface area contributed by atoms with Gasteiger partial charge in [-0.15, -0.1) is 0 Å². The maximum absolute atomic E-state index is 12.0. The predicted octanol–water partition coefficient (Wildman–Crippen LogP) is 2.42. The molecule has 1 aliphatic heterocycles. The van der Waals surface area contributed by atoms with Gasteiger partial charge in [0.2, 0.25) is 0 Å². The molecule has 0 spiro atoms. The van der Waals surface area contributed by atoms with E-state index in [0.29, 0.717) is 23.7 Å². The van der Waals surface area contributed by atoms with Crippen LogP contribution in [0.15, 0.2) is 42.5 Å². The van der Waals surface area contributed by atoms with E-state index >= 15 is 0 Å². The van der Waals surface area contributed by atoms with Crippen molar-refractivity contribution in [3.63, 3.8) is 0 Å². The van der Waals surface area contributed by atoms with Crippen molar-refractivity contribution in [3.05, 3.63) is 59.2 Å². The van der Waals surface area contributed by atoms with Crippen LogP contribution in [0, 0.1) is 13.8 Å². The number of hydrogen-bond acceptors (Lipinski definition) is 5. The molecule has 6 nitrogen and oxygen atoms in total. The molecule has 0 saturated carbocycles. The van der Waals surface area contributed by atoms with Crippen LogP contribution in [-0.2, 0) is 9.53 Å². The fourth-order valence-corrected chi connectivity index (χ4v) is 2.53. The van der Waals surface area contributed by atoms with Gasteiger partial charge in [0, 0.05) is 0 Å². The van der Waals surface area contributed by atoms with Gasteiger partial charge in [-0.1, -0.05) is 18.2 Å². The lowest BCUT2D eigenvalue weighted by molar-refractivity contribution is -0.124. The molecule has 0 saturated heterocycles. The minimum atomic E-state index is -0.519. The molecular formula is C20H21NO5. The largest absolute Gasteiger partial charge is 0.486 e. The molecule has 6 heteroatoms. The SMILES string of the molecule is Cc1ccc(C(=O)OCC(=O)NCC2COc3ccccc3O2)cc1C. The fourth-order valence-electron chi connectivity index (χ4n) is 2.53. The molecule has 0 fully saturated rings. The van der Waals surface area contributed by atoms with Crippen LogP contribution in [0.1, 0.15) is 21.5 Å². The first kappa shape index (κ1) is 17.8. The molecule has 1 heterocycles. The van der Waals surface area contributed by atoms with Crippen LogP contribution in [0.2, 0.25) is 0 Å². The summed E-state index contributed by atoms with van der Waals surface area (Å²) in [7, 11) is 0. The highest BCUT2D eigenvalue weighted by atomic mass is 16.6. The van der Waals surface area contributed by atoms with Crippen molar-refractivity contribution in [2.24, 2.45) is 0 Å². The number of aryl methyl sites for hydroxylation is 2. The standard InChI is InChI=1S/C20H21NO5/c1-13-7-8-15(9-14(13)2)20(23)25-12-19(22)21-10-16-11-24-17-5-3-4-6-18(17)26-16/h3-9,16H,10-12H2,1-2H3,(H,21,22). The van der Waals surface area contributed by atoms with Crippen LogP contribution in [0.25, 0.3) is 0 Å². The van der Waals surface area contributed by atoms with Gasteiger partial charge in [-0.3, -0.25) is 4.79 Å². The first-order valence-corrected chi connectivity index (χ1v) is 8.42. The highest BCUT2D eigenvalue weighted by Crippen LogP contribution is 2.30. The molecule has 2 aromatic carbocycles. The van der Waals surface area contributed by atoms with E-state index in [0.717, 1.165) is 11.1 Å². The first-order chi connectivity index (χ1) is 12.5. The van der Waals surface area contributed by atoms with Gasteiger partial charge in [0.05, 0.1) is 12.1 Å². The van der Waals surface area contributed by atoms with E-state index in [-0.39, 0.29) is 25.2 Å². The quantitative estimate of drug-likeness (QED) is 0.834. The van der Waals surface area contributed by atoms with Crippen LogP contribution in [0.5, 0.6) is 11.5 Å². The topological polar surface area (TPSA) is 73.9 Å². The third-order valence-electron chi connectivity index (χ3n) is 4.17. The number of benzene rings is 2. The lowest BCUT2D eigenvalue weighted by Crippen LogP contribution is -2.42. The molecule has 1 unspecified atom stereocenters. The third kappa shape index (κ3) is 4.33. The number of carbonyl (C=O) groups is 2. The summed E-state index contributed by atoms with van der Waals surface area (Å²) in [6, 6.07) is 12.7. The summed E-state index contributed by atoms with van der Waals surface area (Å²) in [5.41, 5.74) is 2.52. The number of fused-ring (bicyclic) bond motifs is 1. The monoisotopic (exact) mass is 355 g/mol. The molecule has 1 atom stereocenters. The molecule has 136 valence electrons. The number of rotatable bonds is 5. The van der Waals surface area contributed by atoms with E-state index in [1.54, 1.807) is 12.1 Å². The Balaban J connectivity index is 1.43. The van der Waals surface area contributed by atoms with Gasteiger partial charge < -0.3 is 19.5 Å². The normalized spacial score (nSPS) is 15.2. The number of ether oxygens (including phenoxy) is 3. The van der Waals surface area contributed by atoms with Crippen LogP contribution in [-0.4, -0.2) is 37.7 Å². The number of esters is 1. The Bertz CT molecular complexity index is 818. The second-order valence-electron chi connectivity index (χ2n) is 6.18. The predicted molar refractivity (Wildman–Crippen MR) is 95.6 cm³/mol. The fraction of sp³-hybridized carbons (Fsp3) is 0.300. The average Bonchev–Trinajstić information content (AvgIpc) is 2.66. The Hall–Kier alpha value is -3.02. The number of para-hydroxylation sites is 2. The maximum Gasteiger partial charge on any atom is 0.338 e. The molecule has 0 bridgehead atoms. The van der Waals surface area contributed by atoms with Gasteiger partial charge in [0.25, 0.3) is 5.91 Å². The summed E-state index contributed by atoms with van der Waals surface area (Å²) < 4.78 is 16.4. The van der Waals surface area contributed by atoms with E-state index in [1.165, 1.54) is 0 Å². The zero-order valence-electron chi connectivity index (χ0n) is 14.8. The lowest BCUT2D eigenvalue weighted by atomic mass is 10.1. The summed E-state index contributed by atoms with van der Waals surface area (Å²) in [5, 5.41) is 2.69.